The van der Waals surface area contributed by atoms with Gasteiger partial charge in [0.25, 0.3) is 0 Å². The molecule has 0 aromatic heterocycles. The minimum Gasteiger partial charge on any atom is -0.462 e. The quantitative estimate of drug-likeness (QED) is 0.0328. The molecule has 0 aromatic carbocycles. The Kier molecular flexibility index (Phi) is 40.7. The fraction of sp³-hybridized carbons (Fsp3) is 0.915. The van der Waals surface area contributed by atoms with Gasteiger partial charge in [-0.2, -0.15) is 0 Å². The van der Waals surface area contributed by atoms with E-state index in [4.69, 9.17) is 4.74 Å². The Labute approximate surface area is 329 Å². The highest BCUT2D eigenvalue weighted by Crippen LogP contribution is 2.18. The van der Waals surface area contributed by atoms with Crippen molar-refractivity contribution in [2.75, 3.05) is 6.61 Å². The molecule has 314 valence electrons. The molecule has 3 unspecified atom stereocenters. The van der Waals surface area contributed by atoms with Crippen LogP contribution in [0, 0.1) is 0 Å². The van der Waals surface area contributed by atoms with E-state index in [1.54, 1.807) is 0 Å². The number of carbonyl (C=O) groups excluding carboxylic acids is 2. The highest BCUT2D eigenvalue weighted by Gasteiger charge is 2.24. The van der Waals surface area contributed by atoms with E-state index in [0.29, 0.717) is 19.3 Å². The molecule has 3 atom stereocenters. The number of aliphatic hydroxyl groups is 2. The number of aliphatic hydroxyl groups excluding tert-OH is 2. The number of rotatable bonds is 42. The van der Waals surface area contributed by atoms with E-state index in [-0.39, 0.29) is 24.9 Å². The summed E-state index contributed by atoms with van der Waals surface area (Å²) in [6, 6.07) is -0.694. The van der Waals surface area contributed by atoms with Crippen LogP contribution in [0.1, 0.15) is 252 Å². The fourth-order valence-electron chi connectivity index (χ4n) is 7.26. The van der Waals surface area contributed by atoms with Gasteiger partial charge in [-0.3, -0.25) is 9.59 Å². The number of carbonyl (C=O) groups is 2. The van der Waals surface area contributed by atoms with Crippen molar-refractivity contribution < 1.29 is 24.5 Å². The molecule has 6 heteroatoms. The van der Waals surface area contributed by atoms with Crippen LogP contribution >= 0.6 is 0 Å². The van der Waals surface area contributed by atoms with Gasteiger partial charge in [-0.05, 0) is 44.9 Å². The lowest BCUT2D eigenvalue weighted by molar-refractivity contribution is -0.151. The summed E-state index contributed by atoms with van der Waals surface area (Å²) in [5.41, 5.74) is 0. The normalized spacial score (nSPS) is 13.4. The average molecular weight is 750 g/mol. The lowest BCUT2D eigenvalue weighted by atomic mass is 10.0. The van der Waals surface area contributed by atoms with E-state index in [1.807, 2.05) is 0 Å². The van der Waals surface area contributed by atoms with E-state index < -0.39 is 18.2 Å². The lowest BCUT2D eigenvalue weighted by Crippen LogP contribution is -2.46. The van der Waals surface area contributed by atoms with Crippen LogP contribution in [0.15, 0.2) is 12.2 Å². The number of amides is 1. The highest BCUT2D eigenvalue weighted by molar-refractivity contribution is 5.77. The Morgan fingerprint density at radius 1 is 0.528 bits per heavy atom. The van der Waals surface area contributed by atoms with Crippen molar-refractivity contribution in [3.05, 3.63) is 12.2 Å². The van der Waals surface area contributed by atoms with Crippen LogP contribution in [0.2, 0.25) is 0 Å². The van der Waals surface area contributed by atoms with E-state index in [0.717, 1.165) is 57.8 Å². The Hall–Kier alpha value is -1.40. The second-order valence-corrected chi connectivity index (χ2v) is 16.2. The Balaban J connectivity index is 4.49. The van der Waals surface area contributed by atoms with E-state index in [1.165, 1.54) is 148 Å². The number of esters is 1. The molecule has 0 rings (SSSR count). The molecule has 0 saturated carbocycles. The van der Waals surface area contributed by atoms with Crippen LogP contribution in [-0.4, -0.2) is 46.9 Å². The summed E-state index contributed by atoms with van der Waals surface area (Å²) in [5.74, 6) is -0.476. The van der Waals surface area contributed by atoms with Crippen molar-refractivity contribution in [3.63, 3.8) is 0 Å². The first-order chi connectivity index (χ1) is 26.0. The first-order valence-electron chi connectivity index (χ1n) is 23.4. The molecule has 0 aliphatic heterocycles. The van der Waals surface area contributed by atoms with E-state index >= 15 is 0 Å². The predicted octanol–water partition coefficient (Wildman–Crippen LogP) is 13.4. The van der Waals surface area contributed by atoms with Crippen LogP contribution < -0.4 is 5.32 Å². The summed E-state index contributed by atoms with van der Waals surface area (Å²) < 4.78 is 5.88. The molecular weight excluding hydrogens is 659 g/mol. The first-order valence-corrected chi connectivity index (χ1v) is 23.4. The number of unbranched alkanes of at least 4 members (excludes halogenated alkanes) is 28. The number of hydrogen-bond acceptors (Lipinski definition) is 5. The largest absolute Gasteiger partial charge is 0.462 e. The van der Waals surface area contributed by atoms with Gasteiger partial charge < -0.3 is 20.3 Å². The summed E-state index contributed by atoms with van der Waals surface area (Å²) in [7, 11) is 0. The number of ether oxygens (including phenoxy) is 1. The molecule has 0 fully saturated rings. The molecule has 0 bridgehead atoms. The van der Waals surface area contributed by atoms with Gasteiger partial charge in [-0.15, -0.1) is 0 Å². The third-order valence-corrected chi connectivity index (χ3v) is 10.8. The third-order valence-electron chi connectivity index (χ3n) is 10.8. The lowest BCUT2D eigenvalue weighted by Gasteiger charge is -2.24. The van der Waals surface area contributed by atoms with Crippen molar-refractivity contribution in [2.24, 2.45) is 0 Å². The molecule has 0 spiro atoms. The predicted molar refractivity (Wildman–Crippen MR) is 227 cm³/mol. The Bertz CT molecular complexity index is 802. The second kappa shape index (κ2) is 41.8. The molecule has 1 amide bonds. The first kappa shape index (κ1) is 51.6. The standard InChI is InChI=1S/C47H91NO5/c1-4-7-10-13-16-19-22-23-24-25-27-30-33-36-39-45(50)44(42-49)48-46(51)41-43(38-35-32-29-26-20-17-14-11-8-5-2)53-47(52)40-37-34-31-28-21-18-15-12-9-6-3/h12,15,43-45,49-50H,4-11,13-14,16-42H2,1-3H3,(H,48,51)/b15-12-. The topological polar surface area (TPSA) is 95.9 Å². The van der Waals surface area contributed by atoms with Crippen LogP contribution in [0.4, 0.5) is 0 Å². The molecule has 53 heavy (non-hydrogen) atoms. The van der Waals surface area contributed by atoms with Crippen molar-refractivity contribution in [1.29, 1.82) is 0 Å². The molecule has 0 aliphatic carbocycles. The van der Waals surface area contributed by atoms with Crippen molar-refractivity contribution in [1.82, 2.24) is 5.32 Å². The summed E-state index contributed by atoms with van der Waals surface area (Å²) >= 11 is 0. The Morgan fingerprint density at radius 2 is 0.943 bits per heavy atom. The zero-order chi connectivity index (χ0) is 38.9. The van der Waals surface area contributed by atoms with Gasteiger partial charge in [-0.1, -0.05) is 206 Å². The average Bonchev–Trinajstić information content (AvgIpc) is 3.15. The van der Waals surface area contributed by atoms with Gasteiger partial charge in [0, 0.05) is 6.42 Å². The molecule has 0 radical (unpaired) electrons. The minimum atomic E-state index is -0.781. The molecule has 3 N–H and O–H groups in total. The van der Waals surface area contributed by atoms with Gasteiger partial charge in [-0.25, -0.2) is 0 Å². The van der Waals surface area contributed by atoms with Gasteiger partial charge >= 0.3 is 5.97 Å². The van der Waals surface area contributed by atoms with Crippen molar-refractivity contribution in [2.45, 2.75) is 270 Å². The van der Waals surface area contributed by atoms with Crippen molar-refractivity contribution in [3.8, 4) is 0 Å². The van der Waals surface area contributed by atoms with Crippen LogP contribution in [0.25, 0.3) is 0 Å². The summed E-state index contributed by atoms with van der Waals surface area (Å²) in [6.45, 7) is 6.42. The smallest absolute Gasteiger partial charge is 0.306 e. The monoisotopic (exact) mass is 750 g/mol. The van der Waals surface area contributed by atoms with Gasteiger partial charge in [0.05, 0.1) is 25.2 Å². The highest BCUT2D eigenvalue weighted by atomic mass is 16.5. The number of hydrogen-bond donors (Lipinski definition) is 3. The van der Waals surface area contributed by atoms with Gasteiger partial charge in [0.15, 0.2) is 0 Å². The molecule has 6 nitrogen and oxygen atoms in total. The number of allylic oxidation sites excluding steroid dienone is 2. The third kappa shape index (κ3) is 37.3. The molecule has 0 heterocycles. The zero-order valence-corrected chi connectivity index (χ0v) is 35.7. The number of nitrogens with one attached hydrogen (secondary N) is 1. The fourth-order valence-corrected chi connectivity index (χ4v) is 7.26. The summed E-state index contributed by atoms with van der Waals surface area (Å²) in [4.78, 5) is 25.9. The van der Waals surface area contributed by atoms with Crippen LogP contribution in [0.3, 0.4) is 0 Å². The van der Waals surface area contributed by atoms with E-state index in [2.05, 4.69) is 38.2 Å². The van der Waals surface area contributed by atoms with Gasteiger partial charge in [0.1, 0.15) is 6.10 Å². The summed E-state index contributed by atoms with van der Waals surface area (Å²) in [5, 5.41) is 23.7. The SMILES string of the molecule is CCC/C=C\CCCCCCCC(=O)OC(CCCCCCCCCCCC)CC(=O)NC(CO)C(O)CCCCCCCCCCCCCCCC. The van der Waals surface area contributed by atoms with Gasteiger partial charge in [0.2, 0.25) is 5.91 Å². The van der Waals surface area contributed by atoms with E-state index in [9.17, 15) is 19.8 Å². The van der Waals surface area contributed by atoms with Crippen LogP contribution in [-0.2, 0) is 14.3 Å². The molecule has 0 aliphatic rings. The van der Waals surface area contributed by atoms with Crippen molar-refractivity contribution >= 4 is 11.9 Å². The zero-order valence-electron chi connectivity index (χ0n) is 35.7. The molecule has 0 aromatic rings. The molecular formula is C47H91NO5. The summed E-state index contributed by atoms with van der Waals surface area (Å²) in [6.07, 6.45) is 44.1. The minimum absolute atomic E-state index is 0.0802. The van der Waals surface area contributed by atoms with Crippen LogP contribution in [0.5, 0.6) is 0 Å². The Morgan fingerprint density at radius 3 is 1.42 bits per heavy atom. The maximum absolute atomic E-state index is 13.1. The maximum atomic E-state index is 13.1. The second-order valence-electron chi connectivity index (χ2n) is 16.2. The maximum Gasteiger partial charge on any atom is 0.306 e. The molecule has 0 saturated heterocycles.